The Labute approximate surface area is 138 Å². The largest absolute Gasteiger partial charge is 0.602 e. The van der Waals surface area contributed by atoms with E-state index in [1.54, 1.807) is 0 Å². The van der Waals surface area contributed by atoms with E-state index in [0.29, 0.717) is 19.1 Å². The van der Waals surface area contributed by atoms with E-state index in [0.717, 1.165) is 16.5 Å². The molecule has 2 aromatic carbocycles. The summed E-state index contributed by atoms with van der Waals surface area (Å²) in [5.74, 6) is 1.10. The molecule has 0 N–H and O–H groups in total. The van der Waals surface area contributed by atoms with Gasteiger partial charge >= 0.3 is 8.80 Å². The van der Waals surface area contributed by atoms with Gasteiger partial charge in [-0.05, 0) is 19.9 Å². The highest BCUT2D eigenvalue weighted by Crippen LogP contribution is 2.24. The third kappa shape index (κ3) is 3.90. The molecule has 118 valence electrons. The first-order valence-electron chi connectivity index (χ1n) is 7.42. The highest BCUT2D eigenvalue weighted by atomic mass is 35.5. The van der Waals surface area contributed by atoms with Crippen LogP contribution in [0.1, 0.15) is 19.4 Å². The van der Waals surface area contributed by atoms with Crippen molar-refractivity contribution >= 4 is 25.6 Å². The molecule has 0 bridgehead atoms. The number of alkyl halides is 1. The Kier molecular flexibility index (Phi) is 6.45. The molecule has 2 aromatic rings. The number of hydrogen-bond acceptors (Lipinski definition) is 3. The Balaban J connectivity index is 2.43. The molecule has 2 rings (SSSR count). The standard InChI is InChI=1S/C17H21ClO3Si/c1-3-19-22(20-4-2,16-11-6-5-7-12-16)21-17-13-9-8-10-15(17)14-18/h5-13H,3-4,14H2,1-2H3. The number of benzene rings is 2. The zero-order chi connectivity index (χ0) is 15.8. The molecular weight excluding hydrogens is 316 g/mol. The number of hydrogen-bond donors (Lipinski definition) is 0. The van der Waals surface area contributed by atoms with Crippen LogP contribution in [0.4, 0.5) is 0 Å². The Hall–Kier alpha value is -1.33. The summed E-state index contributed by atoms with van der Waals surface area (Å²) in [5, 5.41) is 0.947. The van der Waals surface area contributed by atoms with Gasteiger partial charge in [0.25, 0.3) is 0 Å². The second-order valence-electron chi connectivity index (χ2n) is 4.63. The van der Waals surface area contributed by atoms with Crippen molar-refractivity contribution in [2.24, 2.45) is 0 Å². The van der Waals surface area contributed by atoms with E-state index in [1.165, 1.54) is 0 Å². The van der Waals surface area contributed by atoms with Crippen LogP contribution in [0.5, 0.6) is 5.75 Å². The minimum atomic E-state index is -3.02. The molecule has 0 aliphatic rings. The number of halogens is 1. The van der Waals surface area contributed by atoms with Crippen LogP contribution >= 0.6 is 11.6 Å². The van der Waals surface area contributed by atoms with Crippen molar-refractivity contribution in [1.29, 1.82) is 0 Å². The normalized spacial score (nSPS) is 11.4. The molecule has 0 spiro atoms. The van der Waals surface area contributed by atoms with Crippen molar-refractivity contribution in [2.75, 3.05) is 13.2 Å². The van der Waals surface area contributed by atoms with Gasteiger partial charge < -0.3 is 13.3 Å². The summed E-state index contributed by atoms with van der Waals surface area (Å²) >= 11 is 6.01. The molecule has 0 atom stereocenters. The summed E-state index contributed by atoms with van der Waals surface area (Å²) in [6.07, 6.45) is 0. The van der Waals surface area contributed by atoms with Gasteiger partial charge in [0.15, 0.2) is 0 Å². The monoisotopic (exact) mass is 336 g/mol. The van der Waals surface area contributed by atoms with E-state index >= 15 is 0 Å². The summed E-state index contributed by atoms with van der Waals surface area (Å²) in [6.45, 7) is 4.93. The minimum Gasteiger partial charge on any atom is -0.497 e. The van der Waals surface area contributed by atoms with Gasteiger partial charge in [-0.15, -0.1) is 11.6 Å². The number of para-hydroxylation sites is 1. The second kappa shape index (κ2) is 8.34. The van der Waals surface area contributed by atoms with Crippen molar-refractivity contribution < 1.29 is 13.3 Å². The summed E-state index contributed by atoms with van der Waals surface area (Å²) in [7, 11) is -3.02. The fourth-order valence-electron chi connectivity index (χ4n) is 2.21. The van der Waals surface area contributed by atoms with E-state index in [2.05, 4.69) is 0 Å². The van der Waals surface area contributed by atoms with Crippen LogP contribution in [0.25, 0.3) is 0 Å². The van der Waals surface area contributed by atoms with Gasteiger partial charge in [-0.25, -0.2) is 0 Å². The third-order valence-electron chi connectivity index (χ3n) is 3.16. The molecule has 0 saturated heterocycles. The Morgan fingerprint density at radius 2 is 1.45 bits per heavy atom. The van der Waals surface area contributed by atoms with Crippen LogP contribution in [0.15, 0.2) is 54.6 Å². The minimum absolute atomic E-state index is 0.383. The van der Waals surface area contributed by atoms with Crippen LogP contribution in [-0.2, 0) is 14.7 Å². The highest BCUT2D eigenvalue weighted by molar-refractivity contribution is 6.76. The average Bonchev–Trinajstić information content (AvgIpc) is 2.56. The summed E-state index contributed by atoms with van der Waals surface area (Å²) < 4.78 is 18.3. The van der Waals surface area contributed by atoms with Gasteiger partial charge in [-0.1, -0.05) is 48.5 Å². The van der Waals surface area contributed by atoms with E-state index in [4.69, 9.17) is 24.9 Å². The van der Waals surface area contributed by atoms with Gasteiger partial charge in [-0.2, -0.15) is 0 Å². The maximum Gasteiger partial charge on any atom is 0.602 e. The van der Waals surface area contributed by atoms with Gasteiger partial charge in [0.2, 0.25) is 0 Å². The predicted molar refractivity (Wildman–Crippen MR) is 91.7 cm³/mol. The molecular formula is C17H21ClO3Si. The maximum absolute atomic E-state index is 6.30. The molecule has 0 aromatic heterocycles. The first-order chi connectivity index (χ1) is 10.8. The molecule has 0 heterocycles. The molecule has 5 heteroatoms. The number of rotatable bonds is 8. The molecule has 0 unspecified atom stereocenters. The van der Waals surface area contributed by atoms with Crippen LogP contribution in [0, 0.1) is 0 Å². The van der Waals surface area contributed by atoms with Crippen molar-refractivity contribution in [2.45, 2.75) is 19.7 Å². The lowest BCUT2D eigenvalue weighted by atomic mass is 10.2. The lowest BCUT2D eigenvalue weighted by Gasteiger charge is -2.30. The van der Waals surface area contributed by atoms with Crippen LogP contribution in [0.3, 0.4) is 0 Å². The zero-order valence-corrected chi connectivity index (χ0v) is 14.7. The van der Waals surface area contributed by atoms with E-state index < -0.39 is 8.80 Å². The summed E-state index contributed by atoms with van der Waals surface area (Å²) in [6, 6.07) is 17.6. The van der Waals surface area contributed by atoms with Crippen LogP contribution in [-0.4, -0.2) is 22.0 Å². The third-order valence-corrected chi connectivity index (χ3v) is 6.31. The lowest BCUT2D eigenvalue weighted by Crippen LogP contribution is -2.59. The van der Waals surface area contributed by atoms with Gasteiger partial charge in [0.1, 0.15) is 5.75 Å². The highest BCUT2D eigenvalue weighted by Gasteiger charge is 2.46. The van der Waals surface area contributed by atoms with Crippen molar-refractivity contribution in [3.63, 3.8) is 0 Å². The maximum atomic E-state index is 6.30. The summed E-state index contributed by atoms with van der Waals surface area (Å²) in [4.78, 5) is 0. The molecule has 3 nitrogen and oxygen atoms in total. The predicted octanol–water partition coefficient (Wildman–Crippen LogP) is 3.72. The smallest absolute Gasteiger partial charge is 0.497 e. The molecule has 0 fully saturated rings. The van der Waals surface area contributed by atoms with Crippen molar-refractivity contribution in [3.05, 3.63) is 60.2 Å². The summed E-state index contributed by atoms with van der Waals surface area (Å²) in [5.41, 5.74) is 0.927. The molecule has 0 radical (unpaired) electrons. The molecule has 0 aliphatic carbocycles. The van der Waals surface area contributed by atoms with Crippen molar-refractivity contribution in [1.82, 2.24) is 0 Å². The molecule has 0 amide bonds. The Bertz CT molecular complexity index is 571. The van der Waals surface area contributed by atoms with Crippen LogP contribution < -0.4 is 9.61 Å². The SMILES string of the molecule is CCO[Si](OCC)(Oc1ccccc1CCl)c1ccccc1. The van der Waals surface area contributed by atoms with Crippen molar-refractivity contribution in [3.8, 4) is 5.75 Å². The fraction of sp³-hybridized carbons (Fsp3) is 0.294. The van der Waals surface area contributed by atoms with Gasteiger partial charge in [0, 0.05) is 24.0 Å². The van der Waals surface area contributed by atoms with E-state index in [1.807, 2.05) is 68.4 Å². The van der Waals surface area contributed by atoms with E-state index in [-0.39, 0.29) is 0 Å². The Morgan fingerprint density at radius 3 is 2.05 bits per heavy atom. The first kappa shape index (κ1) is 17.0. The van der Waals surface area contributed by atoms with Gasteiger partial charge in [0.05, 0.1) is 5.88 Å². The molecule has 0 saturated carbocycles. The van der Waals surface area contributed by atoms with Crippen LogP contribution in [0.2, 0.25) is 0 Å². The second-order valence-corrected chi connectivity index (χ2v) is 7.37. The quantitative estimate of drug-likeness (QED) is 0.543. The molecule has 22 heavy (non-hydrogen) atoms. The Morgan fingerprint density at radius 1 is 0.864 bits per heavy atom. The van der Waals surface area contributed by atoms with Gasteiger partial charge in [-0.3, -0.25) is 0 Å². The topological polar surface area (TPSA) is 27.7 Å². The lowest BCUT2D eigenvalue weighted by molar-refractivity contribution is 0.131. The zero-order valence-electron chi connectivity index (χ0n) is 12.9. The fourth-order valence-corrected chi connectivity index (χ4v) is 4.93. The first-order valence-corrected chi connectivity index (χ1v) is 9.68. The van der Waals surface area contributed by atoms with E-state index in [9.17, 15) is 0 Å². The average molecular weight is 337 g/mol. The molecule has 0 aliphatic heterocycles.